The van der Waals surface area contributed by atoms with Gasteiger partial charge in [0, 0.05) is 4.88 Å². The van der Waals surface area contributed by atoms with Gasteiger partial charge in [0.2, 0.25) is 0 Å². The Morgan fingerprint density at radius 3 is 2.50 bits per heavy atom. The van der Waals surface area contributed by atoms with Crippen LogP contribution in [0.1, 0.15) is 16.0 Å². The van der Waals surface area contributed by atoms with Crippen LogP contribution in [0.5, 0.6) is 0 Å². The first-order valence-corrected chi connectivity index (χ1v) is 8.66. The Morgan fingerprint density at radius 2 is 1.91 bits per heavy atom. The summed E-state index contributed by atoms with van der Waals surface area (Å²) in [6, 6.07) is 9.91. The summed E-state index contributed by atoms with van der Waals surface area (Å²) >= 11 is 10.3. The van der Waals surface area contributed by atoms with Crippen molar-refractivity contribution in [1.82, 2.24) is 5.32 Å². The van der Waals surface area contributed by atoms with Crippen LogP contribution in [0.15, 0.2) is 39.8 Å². The average Bonchev–Trinajstić information content (AvgIpc) is 2.93. The molecule has 6 heteroatoms. The number of aryl methyl sites for hydroxylation is 2. The molecule has 22 heavy (non-hydrogen) atoms. The predicted octanol–water partition coefficient (Wildman–Crippen LogP) is 4.39. The van der Waals surface area contributed by atoms with Gasteiger partial charge < -0.3 is 5.32 Å². The zero-order valence-corrected chi connectivity index (χ0v) is 15.2. The molecule has 1 aliphatic heterocycles. The Morgan fingerprint density at radius 1 is 1.23 bits per heavy atom. The number of nitrogens with zero attached hydrogens (tertiary/aromatic N) is 1. The van der Waals surface area contributed by atoms with E-state index in [4.69, 9.17) is 12.2 Å². The molecule has 0 unspecified atom stereocenters. The average molecular weight is 393 g/mol. The van der Waals surface area contributed by atoms with Crippen molar-refractivity contribution in [3.05, 3.63) is 55.8 Å². The van der Waals surface area contributed by atoms with Crippen molar-refractivity contribution < 1.29 is 4.79 Å². The van der Waals surface area contributed by atoms with E-state index >= 15 is 0 Å². The van der Waals surface area contributed by atoms with Gasteiger partial charge in [-0.05, 0) is 83.5 Å². The number of anilines is 1. The van der Waals surface area contributed by atoms with E-state index < -0.39 is 0 Å². The summed E-state index contributed by atoms with van der Waals surface area (Å²) in [5.41, 5.74) is 3.50. The number of amides is 1. The highest BCUT2D eigenvalue weighted by atomic mass is 79.9. The van der Waals surface area contributed by atoms with Gasteiger partial charge in [0.1, 0.15) is 5.70 Å². The molecule has 1 saturated heterocycles. The highest BCUT2D eigenvalue weighted by molar-refractivity contribution is 9.11. The van der Waals surface area contributed by atoms with Crippen LogP contribution in [-0.2, 0) is 4.79 Å². The number of carbonyl (C=O) groups is 1. The van der Waals surface area contributed by atoms with Crippen molar-refractivity contribution >= 4 is 62.3 Å². The monoisotopic (exact) mass is 392 g/mol. The lowest BCUT2D eigenvalue weighted by molar-refractivity contribution is -0.113. The van der Waals surface area contributed by atoms with Crippen LogP contribution in [0.25, 0.3) is 6.08 Å². The third kappa shape index (κ3) is 2.99. The van der Waals surface area contributed by atoms with Crippen molar-refractivity contribution in [2.75, 3.05) is 4.90 Å². The molecule has 3 nitrogen and oxygen atoms in total. The number of thiocarbonyl (C=S) groups is 1. The van der Waals surface area contributed by atoms with Crippen LogP contribution in [0.3, 0.4) is 0 Å². The summed E-state index contributed by atoms with van der Waals surface area (Å²) in [5, 5.41) is 3.42. The van der Waals surface area contributed by atoms with Crippen LogP contribution < -0.4 is 10.2 Å². The maximum Gasteiger partial charge on any atom is 0.281 e. The first-order chi connectivity index (χ1) is 10.4. The second kappa shape index (κ2) is 5.95. The minimum absolute atomic E-state index is 0.125. The van der Waals surface area contributed by atoms with E-state index in [1.54, 1.807) is 16.2 Å². The molecular weight excluding hydrogens is 380 g/mol. The lowest BCUT2D eigenvalue weighted by Gasteiger charge is -2.15. The Bertz CT molecular complexity index is 790. The number of rotatable bonds is 2. The fourth-order valence-electron chi connectivity index (χ4n) is 2.40. The lowest BCUT2D eigenvalue weighted by Crippen LogP contribution is -2.30. The van der Waals surface area contributed by atoms with E-state index in [0.717, 1.165) is 25.5 Å². The lowest BCUT2D eigenvalue weighted by atomic mass is 10.1. The first-order valence-electron chi connectivity index (χ1n) is 6.65. The van der Waals surface area contributed by atoms with E-state index in [1.807, 2.05) is 44.2 Å². The van der Waals surface area contributed by atoms with Crippen molar-refractivity contribution in [2.45, 2.75) is 13.8 Å². The third-order valence-corrected chi connectivity index (χ3v) is 5.08. The van der Waals surface area contributed by atoms with Crippen molar-refractivity contribution in [3.8, 4) is 0 Å². The molecule has 3 rings (SSSR count). The molecule has 1 fully saturated rings. The summed E-state index contributed by atoms with van der Waals surface area (Å²) < 4.78 is 1.03. The Labute approximate surface area is 146 Å². The van der Waals surface area contributed by atoms with Crippen LogP contribution in [-0.4, -0.2) is 11.0 Å². The standard InChI is InChI=1S/C16H13BrN2OS2/c1-9-5-10(2)7-11(6-9)19-15(20)13(18-16(19)21)8-12-3-4-14(17)22-12/h3-8H,1-2H3,(H,18,21)/b13-8+. The quantitative estimate of drug-likeness (QED) is 0.607. The van der Waals surface area contributed by atoms with Gasteiger partial charge >= 0.3 is 0 Å². The van der Waals surface area contributed by atoms with Crippen LogP contribution in [0, 0.1) is 13.8 Å². The number of hydrogen-bond acceptors (Lipinski definition) is 3. The SMILES string of the molecule is Cc1cc(C)cc(N2C(=O)/C(=C\c3ccc(Br)s3)NC2=S)c1. The van der Waals surface area contributed by atoms with Gasteiger partial charge in [-0.15, -0.1) is 11.3 Å². The topological polar surface area (TPSA) is 32.3 Å². The zero-order valence-electron chi connectivity index (χ0n) is 12.0. The van der Waals surface area contributed by atoms with E-state index in [9.17, 15) is 4.79 Å². The molecule has 0 radical (unpaired) electrons. The normalized spacial score (nSPS) is 16.5. The second-order valence-corrected chi connectivity index (χ2v) is 8.00. The smallest absolute Gasteiger partial charge is 0.281 e. The largest absolute Gasteiger partial charge is 0.327 e. The fourth-order valence-corrected chi connectivity index (χ4v) is 4.06. The van der Waals surface area contributed by atoms with E-state index in [2.05, 4.69) is 27.3 Å². The summed E-state index contributed by atoms with van der Waals surface area (Å²) in [5.74, 6) is -0.125. The molecule has 0 spiro atoms. The second-order valence-electron chi connectivity index (χ2n) is 5.12. The minimum Gasteiger partial charge on any atom is -0.327 e. The van der Waals surface area contributed by atoms with Gasteiger partial charge in [0.15, 0.2) is 5.11 Å². The minimum atomic E-state index is -0.125. The summed E-state index contributed by atoms with van der Waals surface area (Å²) in [6.07, 6.45) is 1.83. The van der Waals surface area contributed by atoms with Gasteiger partial charge in [-0.25, -0.2) is 0 Å². The summed E-state index contributed by atoms with van der Waals surface area (Å²) in [4.78, 5) is 15.2. The number of benzene rings is 1. The van der Waals surface area contributed by atoms with Crippen molar-refractivity contribution in [3.63, 3.8) is 0 Å². The van der Waals surface area contributed by atoms with E-state index in [-0.39, 0.29) is 5.91 Å². The number of thiophene rings is 1. The van der Waals surface area contributed by atoms with Crippen molar-refractivity contribution in [1.29, 1.82) is 0 Å². The van der Waals surface area contributed by atoms with E-state index in [1.165, 1.54) is 0 Å². The molecule has 1 aromatic carbocycles. The first kappa shape index (κ1) is 15.4. The van der Waals surface area contributed by atoms with Gasteiger partial charge in [-0.3, -0.25) is 9.69 Å². The highest BCUT2D eigenvalue weighted by Crippen LogP contribution is 2.27. The molecule has 1 aliphatic rings. The predicted molar refractivity (Wildman–Crippen MR) is 99.1 cm³/mol. The maximum atomic E-state index is 12.7. The zero-order chi connectivity index (χ0) is 15.9. The number of carbonyl (C=O) groups excluding carboxylic acids is 1. The van der Waals surface area contributed by atoms with Gasteiger partial charge in [-0.2, -0.15) is 0 Å². The molecule has 0 bridgehead atoms. The molecule has 2 aromatic rings. The third-order valence-electron chi connectivity index (χ3n) is 3.22. The Hall–Kier alpha value is -1.50. The van der Waals surface area contributed by atoms with Gasteiger partial charge in [0.05, 0.1) is 9.47 Å². The number of nitrogens with one attached hydrogen (secondary N) is 1. The van der Waals surface area contributed by atoms with Crippen LogP contribution >= 0.6 is 39.5 Å². The van der Waals surface area contributed by atoms with Gasteiger partial charge in [-0.1, -0.05) is 6.07 Å². The van der Waals surface area contributed by atoms with Crippen molar-refractivity contribution in [2.24, 2.45) is 0 Å². The van der Waals surface area contributed by atoms with Crippen LogP contribution in [0.2, 0.25) is 0 Å². The molecule has 1 amide bonds. The van der Waals surface area contributed by atoms with Gasteiger partial charge in [0.25, 0.3) is 5.91 Å². The Balaban J connectivity index is 1.96. The fraction of sp³-hybridized carbons (Fsp3) is 0.125. The Kier molecular flexibility index (Phi) is 4.16. The molecule has 2 heterocycles. The molecule has 0 aliphatic carbocycles. The number of hydrogen-bond donors (Lipinski definition) is 1. The summed E-state index contributed by atoms with van der Waals surface area (Å²) in [7, 11) is 0. The van der Waals surface area contributed by atoms with Crippen LogP contribution in [0.4, 0.5) is 5.69 Å². The molecular formula is C16H13BrN2OS2. The molecule has 112 valence electrons. The van der Waals surface area contributed by atoms with E-state index in [0.29, 0.717) is 10.8 Å². The maximum absolute atomic E-state index is 12.7. The number of halogens is 1. The molecule has 0 saturated carbocycles. The molecule has 1 N–H and O–H groups in total. The molecule has 0 atom stereocenters. The molecule has 1 aromatic heterocycles. The summed E-state index contributed by atoms with van der Waals surface area (Å²) in [6.45, 7) is 4.01. The highest BCUT2D eigenvalue weighted by Gasteiger charge is 2.32.